The van der Waals surface area contributed by atoms with E-state index >= 15 is 0 Å². The van der Waals surface area contributed by atoms with Crippen molar-refractivity contribution in [2.45, 2.75) is 6.42 Å². The van der Waals surface area contributed by atoms with Crippen LogP contribution in [0.3, 0.4) is 0 Å². The number of para-hydroxylation sites is 1. The van der Waals surface area contributed by atoms with Crippen molar-refractivity contribution >= 4 is 22.9 Å². The van der Waals surface area contributed by atoms with E-state index in [2.05, 4.69) is 15.6 Å². The third-order valence-electron chi connectivity index (χ3n) is 2.37. The number of amides is 1. The highest BCUT2D eigenvalue weighted by molar-refractivity contribution is 7.09. The highest BCUT2D eigenvalue weighted by atomic mass is 32.1. The summed E-state index contributed by atoms with van der Waals surface area (Å²) in [5.41, 5.74) is 0.951. The number of carbonyl (C=O) groups is 1. The molecule has 0 radical (unpaired) electrons. The van der Waals surface area contributed by atoms with E-state index in [0.717, 1.165) is 17.1 Å². The number of anilines is 1. The van der Waals surface area contributed by atoms with Gasteiger partial charge in [0.15, 0.2) is 0 Å². The van der Waals surface area contributed by atoms with Gasteiger partial charge in [-0.2, -0.15) is 0 Å². The van der Waals surface area contributed by atoms with Gasteiger partial charge in [-0.1, -0.05) is 18.2 Å². The van der Waals surface area contributed by atoms with Gasteiger partial charge in [0.25, 0.3) is 0 Å². The summed E-state index contributed by atoms with van der Waals surface area (Å²) in [4.78, 5) is 15.7. The molecule has 0 saturated carbocycles. The monoisotopic (exact) mass is 261 g/mol. The molecule has 0 aliphatic rings. The number of nitrogens with zero attached hydrogens (tertiary/aromatic N) is 1. The molecule has 0 spiro atoms. The number of rotatable bonds is 6. The van der Waals surface area contributed by atoms with Crippen molar-refractivity contribution in [1.29, 1.82) is 0 Å². The molecule has 2 rings (SSSR count). The van der Waals surface area contributed by atoms with Crippen LogP contribution in [0.5, 0.6) is 0 Å². The van der Waals surface area contributed by atoms with E-state index in [1.165, 1.54) is 0 Å². The van der Waals surface area contributed by atoms with E-state index in [4.69, 9.17) is 0 Å². The fraction of sp³-hybridized carbons (Fsp3) is 0.231. The van der Waals surface area contributed by atoms with E-state index in [1.807, 2.05) is 35.7 Å². The van der Waals surface area contributed by atoms with Crippen LogP contribution < -0.4 is 10.6 Å². The van der Waals surface area contributed by atoms with Crippen LogP contribution in [0.1, 0.15) is 5.01 Å². The molecule has 0 bridgehead atoms. The second kappa shape index (κ2) is 6.76. The maximum Gasteiger partial charge on any atom is 0.239 e. The van der Waals surface area contributed by atoms with Crippen LogP contribution in [-0.2, 0) is 11.2 Å². The minimum Gasteiger partial charge on any atom is -0.376 e. The number of hydrogen-bond donors (Lipinski definition) is 2. The highest BCUT2D eigenvalue weighted by Crippen LogP contribution is 2.04. The molecule has 1 aromatic heterocycles. The molecule has 1 heterocycles. The largest absolute Gasteiger partial charge is 0.376 e. The maximum absolute atomic E-state index is 11.6. The molecule has 0 saturated heterocycles. The van der Waals surface area contributed by atoms with Crippen LogP contribution in [-0.4, -0.2) is 24.0 Å². The Morgan fingerprint density at radius 2 is 2.11 bits per heavy atom. The molecule has 1 aromatic carbocycles. The molecule has 0 atom stereocenters. The summed E-state index contributed by atoms with van der Waals surface area (Å²) >= 11 is 1.61. The van der Waals surface area contributed by atoms with Crippen LogP contribution in [0.4, 0.5) is 5.69 Å². The molecule has 2 aromatic rings. The van der Waals surface area contributed by atoms with Gasteiger partial charge in [0, 0.05) is 30.2 Å². The lowest BCUT2D eigenvalue weighted by atomic mass is 10.3. The zero-order chi connectivity index (χ0) is 12.6. The zero-order valence-electron chi connectivity index (χ0n) is 9.93. The number of thiazole rings is 1. The van der Waals surface area contributed by atoms with Crippen LogP contribution in [0.25, 0.3) is 0 Å². The van der Waals surface area contributed by atoms with Crippen LogP contribution in [0.2, 0.25) is 0 Å². The first kappa shape index (κ1) is 12.6. The van der Waals surface area contributed by atoms with Crippen molar-refractivity contribution in [2.24, 2.45) is 0 Å². The van der Waals surface area contributed by atoms with Crippen molar-refractivity contribution < 1.29 is 4.79 Å². The van der Waals surface area contributed by atoms with Crippen LogP contribution in [0.15, 0.2) is 41.9 Å². The Balaban J connectivity index is 1.63. The molecular weight excluding hydrogens is 246 g/mol. The first-order chi connectivity index (χ1) is 8.84. The van der Waals surface area contributed by atoms with E-state index in [9.17, 15) is 4.79 Å². The van der Waals surface area contributed by atoms with Gasteiger partial charge in [0.1, 0.15) is 0 Å². The van der Waals surface area contributed by atoms with Crippen molar-refractivity contribution in [3.05, 3.63) is 46.9 Å². The standard InChI is InChI=1S/C13H15N3OS/c17-12(10-16-11-4-2-1-3-5-11)14-7-6-13-15-8-9-18-13/h1-5,8-9,16H,6-7,10H2,(H,14,17). The minimum absolute atomic E-state index is 0.00425. The summed E-state index contributed by atoms with van der Waals surface area (Å²) in [5.74, 6) is -0.00425. The summed E-state index contributed by atoms with van der Waals surface area (Å²) in [5, 5.41) is 8.91. The van der Waals surface area contributed by atoms with Gasteiger partial charge in [0.05, 0.1) is 11.6 Å². The molecule has 18 heavy (non-hydrogen) atoms. The molecular formula is C13H15N3OS. The predicted molar refractivity (Wildman–Crippen MR) is 73.8 cm³/mol. The molecule has 0 aliphatic carbocycles. The summed E-state index contributed by atoms with van der Waals surface area (Å²) in [6.07, 6.45) is 2.56. The predicted octanol–water partition coefficient (Wildman–Crippen LogP) is 1.91. The van der Waals surface area contributed by atoms with Crippen molar-refractivity contribution in [1.82, 2.24) is 10.3 Å². The zero-order valence-corrected chi connectivity index (χ0v) is 10.7. The molecule has 4 nitrogen and oxygen atoms in total. The van der Waals surface area contributed by atoms with Crippen molar-refractivity contribution in [3.8, 4) is 0 Å². The lowest BCUT2D eigenvalue weighted by Crippen LogP contribution is -2.31. The summed E-state index contributed by atoms with van der Waals surface area (Å²) in [7, 11) is 0. The normalized spacial score (nSPS) is 10.0. The third kappa shape index (κ3) is 4.18. The Morgan fingerprint density at radius 3 is 2.83 bits per heavy atom. The minimum atomic E-state index is -0.00425. The van der Waals surface area contributed by atoms with Gasteiger partial charge >= 0.3 is 0 Å². The molecule has 0 fully saturated rings. The topological polar surface area (TPSA) is 54.0 Å². The van der Waals surface area contributed by atoms with Gasteiger partial charge < -0.3 is 10.6 Å². The lowest BCUT2D eigenvalue weighted by Gasteiger charge is -2.06. The first-order valence-corrected chi connectivity index (χ1v) is 6.66. The average Bonchev–Trinajstić information content (AvgIpc) is 2.91. The van der Waals surface area contributed by atoms with Gasteiger partial charge in [0.2, 0.25) is 5.91 Å². The summed E-state index contributed by atoms with van der Waals surface area (Å²) in [6.45, 7) is 0.921. The molecule has 5 heteroatoms. The highest BCUT2D eigenvalue weighted by Gasteiger charge is 2.01. The number of hydrogen-bond acceptors (Lipinski definition) is 4. The molecule has 1 amide bonds. The fourth-order valence-corrected chi connectivity index (χ4v) is 2.11. The van der Waals surface area contributed by atoms with E-state index in [1.54, 1.807) is 17.5 Å². The smallest absolute Gasteiger partial charge is 0.239 e. The number of carbonyl (C=O) groups excluding carboxylic acids is 1. The lowest BCUT2D eigenvalue weighted by molar-refractivity contribution is -0.119. The quantitative estimate of drug-likeness (QED) is 0.835. The summed E-state index contributed by atoms with van der Waals surface area (Å²) < 4.78 is 0. The van der Waals surface area contributed by atoms with Gasteiger partial charge in [-0.25, -0.2) is 4.98 Å². The summed E-state index contributed by atoms with van der Waals surface area (Å²) in [6, 6.07) is 9.68. The van der Waals surface area contributed by atoms with E-state index < -0.39 is 0 Å². The Morgan fingerprint density at radius 1 is 1.28 bits per heavy atom. The maximum atomic E-state index is 11.6. The Kier molecular flexibility index (Phi) is 4.72. The van der Waals surface area contributed by atoms with E-state index in [0.29, 0.717) is 13.1 Å². The SMILES string of the molecule is O=C(CNc1ccccc1)NCCc1nccs1. The van der Waals surface area contributed by atoms with Gasteiger partial charge in [-0.3, -0.25) is 4.79 Å². The van der Waals surface area contributed by atoms with Gasteiger partial charge in [-0.15, -0.1) is 11.3 Å². The number of nitrogens with one attached hydrogen (secondary N) is 2. The number of benzene rings is 1. The first-order valence-electron chi connectivity index (χ1n) is 5.78. The molecule has 0 unspecified atom stereocenters. The average molecular weight is 261 g/mol. The second-order valence-corrected chi connectivity index (χ2v) is 4.72. The van der Waals surface area contributed by atoms with Crippen molar-refractivity contribution in [2.75, 3.05) is 18.4 Å². The van der Waals surface area contributed by atoms with Gasteiger partial charge in [-0.05, 0) is 12.1 Å². The Bertz CT molecular complexity index is 470. The second-order valence-electron chi connectivity index (χ2n) is 3.75. The van der Waals surface area contributed by atoms with E-state index in [-0.39, 0.29) is 5.91 Å². The third-order valence-corrected chi connectivity index (χ3v) is 3.21. The fourth-order valence-electron chi connectivity index (χ4n) is 1.49. The molecule has 2 N–H and O–H groups in total. The van der Waals surface area contributed by atoms with Crippen molar-refractivity contribution in [3.63, 3.8) is 0 Å². The van der Waals surface area contributed by atoms with Crippen LogP contribution in [0, 0.1) is 0 Å². The number of aromatic nitrogens is 1. The van der Waals surface area contributed by atoms with Crippen LogP contribution >= 0.6 is 11.3 Å². The molecule has 0 aliphatic heterocycles. The Hall–Kier alpha value is -1.88. The Labute approximate surface area is 110 Å². The molecule has 94 valence electrons.